The molecular formula is C26H30Cl2FN5O3. The van der Waals surface area contributed by atoms with Gasteiger partial charge in [-0.2, -0.15) is 5.10 Å². The van der Waals surface area contributed by atoms with Crippen LogP contribution in [-0.2, 0) is 11.3 Å². The normalized spacial score (nSPS) is 14.9. The van der Waals surface area contributed by atoms with Crippen molar-refractivity contribution in [2.75, 3.05) is 18.8 Å². The van der Waals surface area contributed by atoms with Crippen molar-refractivity contribution in [1.82, 2.24) is 19.7 Å². The number of nitrogens with two attached hydrogens (primary N) is 1. The van der Waals surface area contributed by atoms with E-state index >= 15 is 0 Å². The maximum atomic E-state index is 14.0. The van der Waals surface area contributed by atoms with Gasteiger partial charge in [-0.3, -0.25) is 4.68 Å². The summed E-state index contributed by atoms with van der Waals surface area (Å²) in [7, 11) is 0. The van der Waals surface area contributed by atoms with Gasteiger partial charge in [-0.15, -0.1) is 0 Å². The minimum atomic E-state index is -0.760. The molecular weight excluding hydrogens is 520 g/mol. The highest BCUT2D eigenvalue weighted by molar-refractivity contribution is 6.36. The van der Waals surface area contributed by atoms with Gasteiger partial charge in [-0.25, -0.2) is 14.2 Å². The molecule has 8 nitrogen and oxygen atoms in total. The Kier molecular flexibility index (Phi) is 8.14. The number of halogens is 3. The number of anilines is 1. The van der Waals surface area contributed by atoms with Crippen molar-refractivity contribution in [2.45, 2.75) is 58.3 Å². The van der Waals surface area contributed by atoms with E-state index in [2.05, 4.69) is 10.1 Å². The zero-order valence-corrected chi connectivity index (χ0v) is 22.5. The molecule has 1 saturated heterocycles. The molecule has 0 saturated carbocycles. The molecule has 37 heavy (non-hydrogen) atoms. The Labute approximate surface area is 225 Å². The zero-order chi connectivity index (χ0) is 26.7. The number of piperidine rings is 1. The van der Waals surface area contributed by atoms with E-state index in [0.717, 1.165) is 37.9 Å². The van der Waals surface area contributed by atoms with E-state index in [-0.39, 0.29) is 22.0 Å². The number of carbonyl (C=O) groups excluding carboxylic acids is 1. The molecule has 3 heterocycles. The SMILES string of the molecule is C[C@@H](Oc1cc(-c2cnn(CC(C)(C)OC(=O)N3CCCCC3)c2)cnc1N)c1c(Cl)ccc(F)c1Cl. The molecule has 0 aliphatic carbocycles. The number of rotatable bonds is 7. The molecule has 4 rings (SSSR count). The smallest absolute Gasteiger partial charge is 0.410 e. The van der Waals surface area contributed by atoms with Crippen molar-refractivity contribution in [1.29, 1.82) is 0 Å². The monoisotopic (exact) mass is 549 g/mol. The maximum Gasteiger partial charge on any atom is 0.410 e. The zero-order valence-electron chi connectivity index (χ0n) is 21.0. The number of likely N-dealkylation sites (tertiary alicyclic amines) is 1. The number of ether oxygens (including phenoxy) is 2. The van der Waals surface area contributed by atoms with Crippen molar-refractivity contribution in [2.24, 2.45) is 0 Å². The number of hydrogen-bond donors (Lipinski definition) is 1. The van der Waals surface area contributed by atoms with Crippen LogP contribution < -0.4 is 10.5 Å². The molecule has 2 N–H and O–H groups in total. The number of hydrogen-bond acceptors (Lipinski definition) is 6. The predicted molar refractivity (Wildman–Crippen MR) is 141 cm³/mol. The third-order valence-corrected chi connectivity index (χ3v) is 6.87. The fourth-order valence-electron chi connectivity index (χ4n) is 4.27. The van der Waals surface area contributed by atoms with Gasteiger partial charge < -0.3 is 20.1 Å². The number of pyridine rings is 1. The molecule has 11 heteroatoms. The molecule has 1 atom stereocenters. The second-order valence-electron chi connectivity index (χ2n) is 9.73. The lowest BCUT2D eigenvalue weighted by Gasteiger charge is -2.31. The molecule has 2 aromatic heterocycles. The van der Waals surface area contributed by atoms with E-state index in [9.17, 15) is 9.18 Å². The Morgan fingerprint density at radius 2 is 1.92 bits per heavy atom. The molecule has 3 aromatic rings. The summed E-state index contributed by atoms with van der Waals surface area (Å²) < 4.78 is 27.5. The van der Waals surface area contributed by atoms with Gasteiger partial charge >= 0.3 is 6.09 Å². The van der Waals surface area contributed by atoms with E-state index in [1.807, 2.05) is 20.0 Å². The van der Waals surface area contributed by atoms with Gasteiger partial charge in [-0.1, -0.05) is 23.2 Å². The van der Waals surface area contributed by atoms with Gasteiger partial charge in [0.2, 0.25) is 0 Å². The maximum absolute atomic E-state index is 14.0. The number of carbonyl (C=O) groups is 1. The van der Waals surface area contributed by atoms with E-state index in [1.165, 1.54) is 12.1 Å². The number of aromatic nitrogens is 3. The Bertz CT molecular complexity index is 1280. The summed E-state index contributed by atoms with van der Waals surface area (Å²) in [5, 5.41) is 4.61. The molecule has 1 aliphatic heterocycles. The number of benzene rings is 1. The number of amides is 1. The summed E-state index contributed by atoms with van der Waals surface area (Å²) in [4.78, 5) is 18.6. The number of nitrogen functional groups attached to an aromatic ring is 1. The van der Waals surface area contributed by atoms with Gasteiger partial charge in [-0.05, 0) is 58.2 Å². The average Bonchev–Trinajstić information content (AvgIpc) is 3.31. The molecule has 1 fully saturated rings. The summed E-state index contributed by atoms with van der Waals surface area (Å²) in [5.74, 6) is -0.129. The Hall–Kier alpha value is -3.04. The highest BCUT2D eigenvalue weighted by Crippen LogP contribution is 2.37. The predicted octanol–water partition coefficient (Wildman–Crippen LogP) is 6.51. The molecule has 1 aliphatic rings. The van der Waals surface area contributed by atoms with E-state index in [0.29, 0.717) is 23.4 Å². The molecule has 0 bridgehead atoms. The first kappa shape index (κ1) is 27.0. The average molecular weight is 550 g/mol. The summed E-state index contributed by atoms with van der Waals surface area (Å²) >= 11 is 12.4. The first-order valence-corrected chi connectivity index (χ1v) is 12.9. The second-order valence-corrected chi connectivity index (χ2v) is 10.5. The van der Waals surface area contributed by atoms with Gasteiger partial charge in [0.15, 0.2) is 11.6 Å². The fraction of sp³-hybridized carbons (Fsp3) is 0.423. The fourth-order valence-corrected chi connectivity index (χ4v) is 4.95. The third kappa shape index (κ3) is 6.45. The van der Waals surface area contributed by atoms with E-state index < -0.39 is 17.5 Å². The largest absolute Gasteiger partial charge is 0.482 e. The van der Waals surface area contributed by atoms with Crippen LogP contribution in [0.15, 0.2) is 36.8 Å². The van der Waals surface area contributed by atoms with E-state index in [4.69, 9.17) is 38.4 Å². The van der Waals surface area contributed by atoms with Crippen LogP contribution in [0.3, 0.4) is 0 Å². The van der Waals surface area contributed by atoms with Crippen LogP contribution in [0.2, 0.25) is 10.0 Å². The molecule has 0 radical (unpaired) electrons. The second kappa shape index (κ2) is 11.1. The van der Waals surface area contributed by atoms with E-state index in [1.54, 1.807) is 35.0 Å². The first-order valence-electron chi connectivity index (χ1n) is 12.1. The van der Waals surface area contributed by atoms with Crippen LogP contribution in [0.4, 0.5) is 15.0 Å². The summed E-state index contributed by atoms with van der Waals surface area (Å²) in [6, 6.07) is 4.35. The summed E-state index contributed by atoms with van der Waals surface area (Å²) in [6.07, 6.45) is 7.28. The highest BCUT2D eigenvalue weighted by atomic mass is 35.5. The minimum absolute atomic E-state index is 0.104. The molecule has 198 valence electrons. The summed E-state index contributed by atoms with van der Waals surface area (Å²) in [5.41, 5.74) is 7.09. The Morgan fingerprint density at radius 3 is 2.65 bits per heavy atom. The lowest BCUT2D eigenvalue weighted by molar-refractivity contribution is -0.00131. The van der Waals surface area contributed by atoms with Crippen LogP contribution >= 0.6 is 23.2 Å². The van der Waals surface area contributed by atoms with Crippen LogP contribution in [0.1, 0.15) is 51.7 Å². The molecule has 1 amide bonds. The van der Waals surface area contributed by atoms with Gasteiger partial charge in [0.25, 0.3) is 0 Å². The molecule has 0 spiro atoms. The Morgan fingerprint density at radius 1 is 1.19 bits per heavy atom. The Balaban J connectivity index is 1.47. The first-order chi connectivity index (χ1) is 17.5. The van der Waals surface area contributed by atoms with Crippen molar-refractivity contribution in [3.05, 3.63) is 58.2 Å². The standard InChI is InChI=1S/C26H30Cl2FN5O3/c1-16(22-19(27)7-8-20(29)23(22)28)36-21-11-17(12-31-24(21)30)18-13-32-34(14-18)15-26(2,3)37-25(35)33-9-5-4-6-10-33/h7-8,11-14,16H,4-6,9-10,15H2,1-3H3,(H2,30,31)/t16-/m1/s1. The lowest BCUT2D eigenvalue weighted by atomic mass is 10.1. The van der Waals surface area contributed by atoms with Crippen LogP contribution in [0.25, 0.3) is 11.1 Å². The van der Waals surface area contributed by atoms with Gasteiger partial charge in [0.1, 0.15) is 17.5 Å². The third-order valence-electron chi connectivity index (χ3n) is 6.16. The van der Waals surface area contributed by atoms with Crippen LogP contribution in [0, 0.1) is 5.82 Å². The molecule has 1 aromatic carbocycles. The van der Waals surface area contributed by atoms with Crippen molar-refractivity contribution >= 4 is 35.1 Å². The lowest BCUT2D eigenvalue weighted by Crippen LogP contribution is -2.42. The van der Waals surface area contributed by atoms with Crippen LogP contribution in [0.5, 0.6) is 5.75 Å². The van der Waals surface area contributed by atoms with Gasteiger partial charge in [0, 0.05) is 47.2 Å². The van der Waals surface area contributed by atoms with Crippen molar-refractivity contribution in [3.8, 4) is 16.9 Å². The van der Waals surface area contributed by atoms with Crippen molar-refractivity contribution in [3.63, 3.8) is 0 Å². The minimum Gasteiger partial charge on any atom is -0.482 e. The number of nitrogens with zero attached hydrogens (tertiary/aromatic N) is 4. The molecule has 0 unspecified atom stereocenters. The topological polar surface area (TPSA) is 95.5 Å². The van der Waals surface area contributed by atoms with Crippen LogP contribution in [-0.4, -0.2) is 44.4 Å². The van der Waals surface area contributed by atoms with Gasteiger partial charge in [0.05, 0.1) is 17.8 Å². The van der Waals surface area contributed by atoms with Crippen molar-refractivity contribution < 1.29 is 18.7 Å². The summed E-state index contributed by atoms with van der Waals surface area (Å²) in [6.45, 7) is 7.24. The quantitative estimate of drug-likeness (QED) is 0.337. The highest BCUT2D eigenvalue weighted by Gasteiger charge is 2.28.